The first kappa shape index (κ1) is 39.2. The van der Waals surface area contributed by atoms with Gasteiger partial charge in [-0.05, 0) is 108 Å². The summed E-state index contributed by atoms with van der Waals surface area (Å²) >= 11 is 0. The van der Waals surface area contributed by atoms with Crippen molar-refractivity contribution >= 4 is 28.2 Å². The van der Waals surface area contributed by atoms with Gasteiger partial charge in [0.15, 0.2) is 17.5 Å². The third-order valence-corrected chi connectivity index (χ3v) is 9.46. The molecule has 0 aliphatic rings. The number of aryl methyl sites for hydroxylation is 2. The zero-order chi connectivity index (χ0) is 36.4. The lowest BCUT2D eigenvalue weighted by atomic mass is 9.95. The largest absolute Gasteiger partial charge is 0.508 e. The van der Waals surface area contributed by atoms with Gasteiger partial charge in [-0.2, -0.15) is 0 Å². The van der Waals surface area contributed by atoms with E-state index in [9.17, 15) is 15.0 Å². The Labute approximate surface area is 304 Å². The van der Waals surface area contributed by atoms with Crippen LogP contribution in [0, 0.1) is 0 Å². The highest BCUT2D eigenvalue weighted by Gasteiger charge is 2.14. The molecule has 4 aromatic rings. The van der Waals surface area contributed by atoms with Gasteiger partial charge in [0, 0.05) is 25.6 Å². The molecule has 1 unspecified atom stereocenters. The summed E-state index contributed by atoms with van der Waals surface area (Å²) < 4.78 is 11.7. The van der Waals surface area contributed by atoms with Gasteiger partial charge in [0.25, 0.3) is 0 Å². The number of hydrogen-bond acceptors (Lipinski definition) is 6. The van der Waals surface area contributed by atoms with Gasteiger partial charge < -0.3 is 30.7 Å². The maximum atomic E-state index is 12.7. The van der Waals surface area contributed by atoms with E-state index in [-0.39, 0.29) is 18.0 Å². The van der Waals surface area contributed by atoms with E-state index in [4.69, 9.17) is 15.2 Å². The maximum Gasteiger partial charge on any atom is 0.192 e. The van der Waals surface area contributed by atoms with Crippen LogP contribution in [0.5, 0.6) is 17.2 Å². The maximum absolute atomic E-state index is 12.7. The molecule has 0 radical (unpaired) electrons. The van der Waals surface area contributed by atoms with E-state index in [0.29, 0.717) is 43.3 Å². The molecule has 0 aromatic heterocycles. The number of hydrogen-bond donors (Lipinski definition) is 4. The van der Waals surface area contributed by atoms with E-state index in [1.807, 2.05) is 42.5 Å². The van der Waals surface area contributed by atoms with Crippen LogP contribution in [0.25, 0.3) is 10.8 Å². The van der Waals surface area contributed by atoms with Crippen LogP contribution in [0.3, 0.4) is 0 Å². The van der Waals surface area contributed by atoms with E-state index in [0.717, 1.165) is 79.0 Å². The number of ether oxygens (including phenoxy) is 2. The second kappa shape index (κ2) is 21.0. The number of carbonyl (C=O) groups excluding carboxylic acids is 1. The molecule has 8 heteroatoms. The summed E-state index contributed by atoms with van der Waals surface area (Å²) in [5.74, 6) is 2.00. The van der Waals surface area contributed by atoms with E-state index >= 15 is 0 Å². The van der Waals surface area contributed by atoms with Crippen LogP contribution in [0.15, 0.2) is 77.8 Å². The van der Waals surface area contributed by atoms with Gasteiger partial charge in [0.05, 0.1) is 13.2 Å². The number of Topliss-reactive ketones (excluding diaryl/α,β-unsaturated/α-hetero) is 1. The number of carbonyl (C=O) groups is 1. The third kappa shape index (κ3) is 12.9. The number of benzene rings is 4. The fraction of sp³-hybridized carbons (Fsp3) is 0.442. The Hall–Kier alpha value is -4.56. The Morgan fingerprint density at radius 1 is 0.843 bits per heavy atom. The number of unbranched alkanes of at least 4 members (excludes halogenated alkanes) is 6. The van der Waals surface area contributed by atoms with Crippen molar-refractivity contribution in [2.45, 2.75) is 110 Å². The lowest BCUT2D eigenvalue weighted by molar-refractivity contribution is -0.121. The Morgan fingerprint density at radius 2 is 1.59 bits per heavy atom. The minimum Gasteiger partial charge on any atom is -0.508 e. The first-order valence-electron chi connectivity index (χ1n) is 18.6. The topological polar surface area (TPSA) is 126 Å². The smallest absolute Gasteiger partial charge is 0.192 e. The first-order valence-corrected chi connectivity index (χ1v) is 18.6. The molecule has 1 atom stereocenters. The molecule has 51 heavy (non-hydrogen) atoms. The Kier molecular flexibility index (Phi) is 16.1. The van der Waals surface area contributed by atoms with E-state index in [1.165, 1.54) is 24.0 Å². The number of aliphatic hydroxyl groups excluding tert-OH is 1. The molecule has 0 aliphatic heterocycles. The van der Waals surface area contributed by atoms with Crippen LogP contribution in [0.1, 0.15) is 99.8 Å². The molecule has 0 saturated heterocycles. The van der Waals surface area contributed by atoms with Gasteiger partial charge in [-0.1, -0.05) is 81.8 Å². The highest BCUT2D eigenvalue weighted by molar-refractivity contribution is 5.93. The summed E-state index contributed by atoms with van der Waals surface area (Å²) in [6.07, 6.45) is 12.2. The van der Waals surface area contributed by atoms with Crippen molar-refractivity contribution in [3.8, 4) is 17.2 Å². The number of aliphatic imine (C=N–C) groups is 1. The predicted octanol–water partition coefficient (Wildman–Crippen LogP) is 9.06. The van der Waals surface area contributed by atoms with Crippen molar-refractivity contribution < 1.29 is 24.5 Å². The number of fused-ring (bicyclic) bond motifs is 1. The summed E-state index contributed by atoms with van der Waals surface area (Å²) in [6.45, 7) is 2.59. The molecule has 5 N–H and O–H groups in total. The molecule has 0 spiro atoms. The number of phenols is 1. The molecule has 0 saturated carbocycles. The van der Waals surface area contributed by atoms with Gasteiger partial charge in [0.1, 0.15) is 18.1 Å². The van der Waals surface area contributed by atoms with E-state index in [2.05, 4.69) is 35.4 Å². The minimum absolute atomic E-state index is 0.0708. The Morgan fingerprint density at radius 3 is 2.39 bits per heavy atom. The van der Waals surface area contributed by atoms with Crippen molar-refractivity contribution in [2.24, 2.45) is 10.7 Å². The number of phenolic OH excluding ortho intramolecular Hbond substituents is 1. The number of nitrogens with zero attached hydrogens (tertiary/aromatic N) is 1. The Balaban J connectivity index is 1.15. The number of anilines is 1. The SMILES string of the molecule is CCCCCc1c(CCCCCCCC(O)CC(=O)CCc2ccc(OC)c(OCc3ccc4cc(O)ccc4c3)c2)cccc1NC(N)=NC. The van der Waals surface area contributed by atoms with Gasteiger partial charge in [0.2, 0.25) is 0 Å². The summed E-state index contributed by atoms with van der Waals surface area (Å²) in [5.41, 5.74) is 11.8. The summed E-state index contributed by atoms with van der Waals surface area (Å²) in [6, 6.07) is 23.5. The van der Waals surface area contributed by atoms with Crippen molar-refractivity contribution in [3.05, 3.63) is 95.1 Å². The molecule has 4 rings (SSSR count). The zero-order valence-electron chi connectivity index (χ0n) is 30.8. The van der Waals surface area contributed by atoms with Gasteiger partial charge in [-0.3, -0.25) is 9.79 Å². The van der Waals surface area contributed by atoms with Crippen molar-refractivity contribution in [1.82, 2.24) is 0 Å². The lowest BCUT2D eigenvalue weighted by Gasteiger charge is -2.16. The summed E-state index contributed by atoms with van der Waals surface area (Å²) in [5, 5.41) is 25.6. The average molecular weight is 696 g/mol. The lowest BCUT2D eigenvalue weighted by Crippen LogP contribution is -2.23. The predicted molar refractivity (Wildman–Crippen MR) is 209 cm³/mol. The fourth-order valence-electron chi connectivity index (χ4n) is 6.53. The zero-order valence-corrected chi connectivity index (χ0v) is 30.8. The van der Waals surface area contributed by atoms with Crippen LogP contribution in [0.2, 0.25) is 0 Å². The van der Waals surface area contributed by atoms with Crippen LogP contribution in [0.4, 0.5) is 5.69 Å². The highest BCUT2D eigenvalue weighted by Crippen LogP contribution is 2.30. The molecule has 4 aromatic carbocycles. The average Bonchev–Trinajstić information content (AvgIpc) is 3.13. The van der Waals surface area contributed by atoms with Crippen molar-refractivity contribution in [2.75, 3.05) is 19.5 Å². The first-order chi connectivity index (χ1) is 24.8. The summed E-state index contributed by atoms with van der Waals surface area (Å²) in [4.78, 5) is 16.8. The molecule has 0 bridgehead atoms. The monoisotopic (exact) mass is 695 g/mol. The molecule has 0 amide bonds. The second-order valence-electron chi connectivity index (χ2n) is 13.5. The highest BCUT2D eigenvalue weighted by atomic mass is 16.5. The van der Waals surface area contributed by atoms with Crippen LogP contribution >= 0.6 is 0 Å². The third-order valence-electron chi connectivity index (χ3n) is 9.46. The molecule has 8 nitrogen and oxygen atoms in total. The van der Waals surface area contributed by atoms with E-state index < -0.39 is 6.10 Å². The number of aliphatic hydroxyl groups is 1. The molecular formula is C43H57N3O5. The number of nitrogens with two attached hydrogens (primary N) is 1. The standard InChI is InChI=1S/C43H57N3O5/c1-4-5-9-16-39-33(14-12-17-40(39)46-43(44)45-2)13-10-7-6-8-11-15-36(47)29-38(49)23-19-31-20-25-41(50-3)42(27-31)51-30-32-18-21-35-28-37(48)24-22-34(35)26-32/h12,14,17-18,20-22,24-28,36,47-48H,4-11,13,15-16,19,23,29-30H2,1-3H3,(H3,44,45,46). The number of guanidine groups is 1. The molecule has 0 fully saturated rings. The molecule has 0 heterocycles. The number of nitrogens with one attached hydrogen (secondary N) is 1. The fourth-order valence-corrected chi connectivity index (χ4v) is 6.53. The Bertz CT molecular complexity index is 1720. The van der Waals surface area contributed by atoms with Gasteiger partial charge in [-0.25, -0.2) is 0 Å². The van der Waals surface area contributed by atoms with Crippen LogP contribution in [-0.4, -0.2) is 42.2 Å². The number of rotatable bonds is 22. The molecule has 0 aliphatic carbocycles. The number of ketones is 1. The normalized spacial score (nSPS) is 12.2. The summed E-state index contributed by atoms with van der Waals surface area (Å²) in [7, 11) is 3.31. The van der Waals surface area contributed by atoms with Crippen LogP contribution < -0.4 is 20.5 Å². The second-order valence-corrected chi connectivity index (χ2v) is 13.5. The molecule has 274 valence electrons. The quantitative estimate of drug-likeness (QED) is 0.0367. The van der Waals surface area contributed by atoms with Crippen molar-refractivity contribution in [3.63, 3.8) is 0 Å². The van der Waals surface area contributed by atoms with Crippen molar-refractivity contribution in [1.29, 1.82) is 0 Å². The number of methoxy groups -OCH3 is 1. The number of aromatic hydroxyl groups is 1. The van der Waals surface area contributed by atoms with Gasteiger partial charge in [-0.15, -0.1) is 0 Å². The van der Waals surface area contributed by atoms with Gasteiger partial charge >= 0.3 is 0 Å². The van der Waals surface area contributed by atoms with Crippen LogP contribution in [-0.2, 0) is 30.7 Å². The minimum atomic E-state index is -0.599. The molecular weight excluding hydrogens is 638 g/mol. The van der Waals surface area contributed by atoms with E-state index in [1.54, 1.807) is 26.3 Å².